The predicted octanol–water partition coefficient (Wildman–Crippen LogP) is 3.28. The summed E-state index contributed by atoms with van der Waals surface area (Å²) >= 11 is 0. The van der Waals surface area contributed by atoms with E-state index in [0.717, 1.165) is 22.5 Å². The van der Waals surface area contributed by atoms with Crippen LogP contribution in [0.25, 0.3) is 0 Å². The summed E-state index contributed by atoms with van der Waals surface area (Å²) < 4.78 is 1.86. The zero-order valence-electron chi connectivity index (χ0n) is 15.5. The van der Waals surface area contributed by atoms with Crippen molar-refractivity contribution in [2.24, 2.45) is 0 Å². The summed E-state index contributed by atoms with van der Waals surface area (Å²) in [7, 11) is 0. The van der Waals surface area contributed by atoms with E-state index in [2.05, 4.69) is 48.5 Å². The van der Waals surface area contributed by atoms with Gasteiger partial charge in [0.2, 0.25) is 5.91 Å². The molecule has 0 aliphatic heterocycles. The molecule has 0 saturated heterocycles. The van der Waals surface area contributed by atoms with Crippen molar-refractivity contribution in [1.82, 2.24) is 15.1 Å². The van der Waals surface area contributed by atoms with Gasteiger partial charge >= 0.3 is 0 Å². The molecule has 1 amide bonds. The molecule has 1 aromatic heterocycles. The molecule has 0 bridgehead atoms. The largest absolute Gasteiger partial charge is 0.352 e. The molecule has 0 unspecified atom stereocenters. The highest BCUT2D eigenvalue weighted by molar-refractivity contribution is 5.76. The maximum Gasteiger partial charge on any atom is 0.220 e. The van der Waals surface area contributed by atoms with E-state index in [0.29, 0.717) is 32.4 Å². The van der Waals surface area contributed by atoms with Gasteiger partial charge in [0.05, 0.1) is 24.7 Å². The predicted molar refractivity (Wildman–Crippen MR) is 98.0 cm³/mol. The molecule has 5 nitrogen and oxygen atoms in total. The van der Waals surface area contributed by atoms with Crippen molar-refractivity contribution in [3.63, 3.8) is 0 Å². The third kappa shape index (κ3) is 4.93. The highest BCUT2D eigenvalue weighted by Crippen LogP contribution is 2.16. The van der Waals surface area contributed by atoms with Gasteiger partial charge in [0, 0.05) is 18.7 Å². The van der Waals surface area contributed by atoms with Gasteiger partial charge in [0.1, 0.15) is 0 Å². The Hall–Kier alpha value is -2.61. The first-order valence-corrected chi connectivity index (χ1v) is 8.65. The number of hydrogen-bond acceptors (Lipinski definition) is 3. The SMILES string of the molecule is Cc1ccc(CNC(=O)CCc2c(C)nn(CCC#N)c2C)c(C)c1. The van der Waals surface area contributed by atoms with E-state index in [-0.39, 0.29) is 5.91 Å². The zero-order chi connectivity index (χ0) is 18.4. The van der Waals surface area contributed by atoms with Crippen molar-refractivity contribution in [1.29, 1.82) is 5.26 Å². The Bertz CT molecular complexity index is 799. The molecule has 0 aliphatic rings. The topological polar surface area (TPSA) is 70.7 Å². The minimum absolute atomic E-state index is 0.0450. The summed E-state index contributed by atoms with van der Waals surface area (Å²) in [5, 5.41) is 16.2. The third-order valence-corrected chi connectivity index (χ3v) is 4.54. The van der Waals surface area contributed by atoms with Crippen LogP contribution in [0.2, 0.25) is 0 Å². The second-order valence-corrected chi connectivity index (χ2v) is 6.49. The van der Waals surface area contributed by atoms with Gasteiger partial charge in [-0.2, -0.15) is 10.4 Å². The van der Waals surface area contributed by atoms with Crippen molar-refractivity contribution in [3.05, 3.63) is 51.8 Å². The number of carbonyl (C=O) groups excluding carboxylic acids is 1. The van der Waals surface area contributed by atoms with E-state index >= 15 is 0 Å². The number of benzene rings is 1. The number of nitrogens with one attached hydrogen (secondary N) is 1. The lowest BCUT2D eigenvalue weighted by Crippen LogP contribution is -2.23. The highest BCUT2D eigenvalue weighted by Gasteiger charge is 2.13. The van der Waals surface area contributed by atoms with Crippen LogP contribution in [-0.2, 0) is 24.3 Å². The molecule has 0 radical (unpaired) electrons. The molecule has 0 spiro atoms. The Morgan fingerprint density at radius 3 is 2.72 bits per heavy atom. The van der Waals surface area contributed by atoms with Crippen LogP contribution in [-0.4, -0.2) is 15.7 Å². The Morgan fingerprint density at radius 2 is 2.04 bits per heavy atom. The Morgan fingerprint density at radius 1 is 1.28 bits per heavy atom. The molecule has 0 atom stereocenters. The van der Waals surface area contributed by atoms with Crippen LogP contribution >= 0.6 is 0 Å². The van der Waals surface area contributed by atoms with E-state index in [9.17, 15) is 4.79 Å². The average molecular weight is 338 g/mol. The quantitative estimate of drug-likeness (QED) is 0.842. The number of carbonyl (C=O) groups is 1. The van der Waals surface area contributed by atoms with E-state index in [1.165, 1.54) is 11.1 Å². The van der Waals surface area contributed by atoms with Crippen molar-refractivity contribution in [3.8, 4) is 6.07 Å². The van der Waals surface area contributed by atoms with Gasteiger partial charge in [-0.25, -0.2) is 0 Å². The lowest BCUT2D eigenvalue weighted by atomic mass is 10.1. The smallest absolute Gasteiger partial charge is 0.220 e. The number of nitrogens with zero attached hydrogens (tertiary/aromatic N) is 3. The number of aromatic nitrogens is 2. The number of rotatable bonds is 7. The molecule has 1 N–H and O–H groups in total. The summed E-state index contributed by atoms with van der Waals surface area (Å²) in [5.41, 5.74) is 6.68. The van der Waals surface area contributed by atoms with Crippen molar-refractivity contribution < 1.29 is 4.79 Å². The number of hydrogen-bond donors (Lipinski definition) is 1. The van der Waals surface area contributed by atoms with Gasteiger partial charge in [0.15, 0.2) is 0 Å². The monoisotopic (exact) mass is 338 g/mol. The van der Waals surface area contributed by atoms with Gasteiger partial charge < -0.3 is 5.32 Å². The average Bonchev–Trinajstić information content (AvgIpc) is 2.84. The molecular weight excluding hydrogens is 312 g/mol. The molecule has 0 fully saturated rings. The maximum absolute atomic E-state index is 12.2. The van der Waals surface area contributed by atoms with Crippen LogP contribution in [0.15, 0.2) is 18.2 Å². The van der Waals surface area contributed by atoms with Crippen LogP contribution in [0.5, 0.6) is 0 Å². The lowest BCUT2D eigenvalue weighted by Gasteiger charge is -2.09. The summed E-state index contributed by atoms with van der Waals surface area (Å²) in [6.07, 6.45) is 1.55. The van der Waals surface area contributed by atoms with E-state index < -0.39 is 0 Å². The van der Waals surface area contributed by atoms with Crippen LogP contribution in [0.3, 0.4) is 0 Å². The van der Waals surface area contributed by atoms with Gasteiger partial charge in [-0.05, 0) is 50.8 Å². The zero-order valence-corrected chi connectivity index (χ0v) is 15.5. The first kappa shape index (κ1) is 18.7. The molecule has 5 heteroatoms. The number of amides is 1. The standard InChI is InChI=1S/C20H26N4O/c1-14-6-7-18(15(2)12-14)13-22-20(25)9-8-19-16(3)23-24(17(19)4)11-5-10-21/h6-7,12H,5,8-9,11,13H2,1-4H3,(H,22,25). The molecule has 1 aromatic carbocycles. The first-order chi connectivity index (χ1) is 11.9. The number of nitriles is 1. The molecule has 0 saturated carbocycles. The van der Waals surface area contributed by atoms with E-state index in [4.69, 9.17) is 5.26 Å². The maximum atomic E-state index is 12.2. The van der Waals surface area contributed by atoms with Gasteiger partial charge in [0.25, 0.3) is 0 Å². The van der Waals surface area contributed by atoms with Crippen LogP contribution in [0.1, 0.15) is 46.5 Å². The van der Waals surface area contributed by atoms with Crippen LogP contribution in [0.4, 0.5) is 0 Å². The van der Waals surface area contributed by atoms with E-state index in [1.54, 1.807) is 0 Å². The highest BCUT2D eigenvalue weighted by atomic mass is 16.1. The van der Waals surface area contributed by atoms with Crippen molar-refractivity contribution >= 4 is 5.91 Å². The van der Waals surface area contributed by atoms with Crippen molar-refractivity contribution in [2.75, 3.05) is 0 Å². The van der Waals surface area contributed by atoms with E-state index in [1.807, 2.05) is 18.5 Å². The molecule has 2 aromatic rings. The van der Waals surface area contributed by atoms with Gasteiger partial charge in [-0.15, -0.1) is 0 Å². The van der Waals surface area contributed by atoms with Gasteiger partial charge in [-0.3, -0.25) is 9.48 Å². The Labute approximate surface area is 149 Å². The summed E-state index contributed by atoms with van der Waals surface area (Å²) in [5.74, 6) is 0.0450. The first-order valence-electron chi connectivity index (χ1n) is 8.65. The Kier molecular flexibility index (Phi) is 6.35. The minimum Gasteiger partial charge on any atom is -0.352 e. The van der Waals surface area contributed by atoms with Crippen LogP contribution < -0.4 is 5.32 Å². The fourth-order valence-electron chi connectivity index (χ4n) is 3.03. The summed E-state index contributed by atoms with van der Waals surface area (Å²) in [6.45, 7) is 9.25. The summed E-state index contributed by atoms with van der Waals surface area (Å²) in [4.78, 5) is 12.2. The lowest BCUT2D eigenvalue weighted by molar-refractivity contribution is -0.121. The van der Waals surface area contributed by atoms with Crippen LogP contribution in [0, 0.1) is 39.0 Å². The van der Waals surface area contributed by atoms with Gasteiger partial charge in [-0.1, -0.05) is 23.8 Å². The number of aryl methyl sites for hydroxylation is 4. The molecule has 0 aliphatic carbocycles. The fraction of sp³-hybridized carbons (Fsp3) is 0.450. The summed E-state index contributed by atoms with van der Waals surface area (Å²) in [6, 6.07) is 8.40. The van der Waals surface area contributed by atoms with Crippen molar-refractivity contribution in [2.45, 2.75) is 60.0 Å². The molecule has 132 valence electrons. The molecular formula is C20H26N4O. The second-order valence-electron chi connectivity index (χ2n) is 6.49. The molecule has 25 heavy (non-hydrogen) atoms. The normalized spacial score (nSPS) is 10.5. The molecule has 1 heterocycles. The second kappa shape index (κ2) is 8.48. The molecule has 2 rings (SSSR count). The fourth-order valence-corrected chi connectivity index (χ4v) is 3.03. The minimum atomic E-state index is 0.0450. The third-order valence-electron chi connectivity index (χ3n) is 4.54. The Balaban J connectivity index is 1.90.